The molecule has 2 aliphatic carbocycles. The monoisotopic (exact) mass is 401 g/mol. The molecule has 26 heavy (non-hydrogen) atoms. The summed E-state index contributed by atoms with van der Waals surface area (Å²) in [4.78, 5) is 0. The molecule has 2 saturated carbocycles. The van der Waals surface area contributed by atoms with Crippen LogP contribution in [-0.4, -0.2) is 15.9 Å². The number of rotatable bonds is 3. The standard InChI is InChI=1S/C10H13N3OS.2C5H5.Ti/c1-2-8(12-13-10(11)15)7-5-3-4-6-9(7)14;2*1-2-4-5-3-1;/h3-6,14H,2H2,1H3,(H3,11,13,15);2*1-5H;/q;;;+4/b12-8+;;;. The van der Waals surface area contributed by atoms with Crippen LogP contribution in [0.15, 0.2) is 29.4 Å². The van der Waals surface area contributed by atoms with Crippen LogP contribution in [0.3, 0.4) is 0 Å². The summed E-state index contributed by atoms with van der Waals surface area (Å²) in [5, 5.41) is 13.7. The summed E-state index contributed by atoms with van der Waals surface area (Å²) in [6.07, 6.45) is 20.7. The number of nitrogens with two attached hydrogens (primary N) is 1. The van der Waals surface area contributed by atoms with Gasteiger partial charge >= 0.3 is 21.7 Å². The SMILES string of the molecule is CC/C(=N\NC(N)=S)c1ccccc1O.[CH]1[CH][CH][CH][CH]1.[CH]1[CH][CH][CH][CH]1.[Ti+4]. The van der Waals surface area contributed by atoms with E-state index in [4.69, 9.17) is 5.73 Å². The quantitative estimate of drug-likeness (QED) is 0.314. The summed E-state index contributed by atoms with van der Waals surface area (Å²) in [5.41, 5.74) is 9.16. The van der Waals surface area contributed by atoms with Gasteiger partial charge in [0, 0.05) is 5.56 Å². The van der Waals surface area contributed by atoms with Crippen molar-refractivity contribution in [1.82, 2.24) is 5.43 Å². The molecule has 0 aliphatic heterocycles. The van der Waals surface area contributed by atoms with E-state index in [1.54, 1.807) is 18.2 Å². The molecule has 0 heterocycles. The molecule has 130 valence electrons. The average Bonchev–Trinajstić information content (AvgIpc) is 3.35. The molecule has 10 radical (unpaired) electrons. The predicted molar refractivity (Wildman–Crippen MR) is 108 cm³/mol. The van der Waals surface area contributed by atoms with Gasteiger partial charge in [0.25, 0.3) is 0 Å². The van der Waals surface area contributed by atoms with Crippen LogP contribution in [0.2, 0.25) is 0 Å². The number of benzene rings is 1. The number of phenols is 1. The molecule has 4 nitrogen and oxygen atoms in total. The van der Waals surface area contributed by atoms with Crippen molar-refractivity contribution in [2.24, 2.45) is 10.8 Å². The molecule has 0 atom stereocenters. The minimum atomic E-state index is 0. The molecule has 2 aliphatic rings. The third kappa shape index (κ3) is 11.7. The van der Waals surface area contributed by atoms with Crippen molar-refractivity contribution in [2.75, 3.05) is 0 Å². The number of phenolic OH excluding ortho intramolecular Hbond substituents is 1. The smallest absolute Gasteiger partial charge is 0.507 e. The molecule has 0 aromatic heterocycles. The van der Waals surface area contributed by atoms with E-state index >= 15 is 0 Å². The van der Waals surface area contributed by atoms with Crippen LogP contribution in [0.25, 0.3) is 0 Å². The summed E-state index contributed by atoms with van der Waals surface area (Å²) in [5.74, 6) is 0.197. The molecule has 0 bridgehead atoms. The van der Waals surface area contributed by atoms with Gasteiger partial charge < -0.3 is 10.8 Å². The van der Waals surface area contributed by atoms with Crippen LogP contribution in [0.5, 0.6) is 5.75 Å². The van der Waals surface area contributed by atoms with Gasteiger partial charge in [-0.3, -0.25) is 5.43 Å². The zero-order valence-corrected chi connectivity index (χ0v) is 17.0. The first-order chi connectivity index (χ1) is 12.1. The third-order valence-corrected chi connectivity index (χ3v) is 3.05. The molecule has 0 amide bonds. The van der Waals surface area contributed by atoms with E-state index in [2.05, 4.69) is 22.7 Å². The van der Waals surface area contributed by atoms with Gasteiger partial charge in [-0.25, -0.2) is 0 Å². The molecule has 0 saturated heterocycles. The number of hydrogen-bond acceptors (Lipinski definition) is 3. The Morgan fingerprint density at radius 2 is 1.38 bits per heavy atom. The summed E-state index contributed by atoms with van der Waals surface area (Å²) < 4.78 is 0. The Bertz CT molecular complexity index is 504. The van der Waals surface area contributed by atoms with Crippen LogP contribution in [0, 0.1) is 64.2 Å². The summed E-state index contributed by atoms with van der Waals surface area (Å²) in [6, 6.07) is 6.99. The van der Waals surface area contributed by atoms with Crippen LogP contribution in [-0.2, 0) is 21.7 Å². The van der Waals surface area contributed by atoms with Crippen LogP contribution in [0.4, 0.5) is 0 Å². The van der Waals surface area contributed by atoms with Crippen molar-refractivity contribution >= 4 is 23.0 Å². The van der Waals surface area contributed by atoms with Gasteiger partial charge in [0.1, 0.15) is 5.75 Å². The Morgan fingerprint density at radius 1 is 0.962 bits per heavy atom. The average molecular weight is 401 g/mol. The van der Waals surface area contributed by atoms with Crippen molar-refractivity contribution in [3.63, 3.8) is 0 Å². The maximum absolute atomic E-state index is 9.60. The van der Waals surface area contributed by atoms with Gasteiger partial charge in [-0.15, -0.1) is 0 Å². The number of nitrogens with one attached hydrogen (secondary N) is 1. The van der Waals surface area contributed by atoms with Gasteiger partial charge in [-0.1, -0.05) is 19.1 Å². The van der Waals surface area contributed by atoms with E-state index in [0.29, 0.717) is 17.7 Å². The Morgan fingerprint density at radius 3 is 1.73 bits per heavy atom. The van der Waals surface area contributed by atoms with Crippen molar-refractivity contribution in [2.45, 2.75) is 13.3 Å². The summed E-state index contributed by atoms with van der Waals surface area (Å²) in [6.45, 7) is 1.94. The number of hydrazone groups is 1. The topological polar surface area (TPSA) is 70.6 Å². The number of hydrogen-bond donors (Lipinski definition) is 3. The van der Waals surface area contributed by atoms with Crippen LogP contribution in [0.1, 0.15) is 18.9 Å². The molecule has 3 rings (SSSR count). The number of thiocarbonyl (C=S) groups is 1. The Hall–Kier alpha value is -0.906. The zero-order chi connectivity index (χ0) is 18.3. The van der Waals surface area contributed by atoms with Gasteiger partial charge in [0.15, 0.2) is 5.11 Å². The molecule has 1 aromatic carbocycles. The Labute approximate surface area is 178 Å². The first-order valence-corrected chi connectivity index (χ1v) is 8.29. The maximum atomic E-state index is 9.60. The summed E-state index contributed by atoms with van der Waals surface area (Å²) >= 11 is 4.64. The molecule has 0 spiro atoms. The van der Waals surface area contributed by atoms with E-state index in [-0.39, 0.29) is 32.6 Å². The molecule has 0 unspecified atom stereocenters. The fraction of sp³-hybridized carbons (Fsp3) is 0.100. The van der Waals surface area contributed by atoms with Gasteiger partial charge in [0.2, 0.25) is 0 Å². The van der Waals surface area contributed by atoms with Crippen molar-refractivity contribution in [1.29, 1.82) is 0 Å². The number of aromatic hydroxyl groups is 1. The molecular formula is C20H23N3OSTi+4. The van der Waals surface area contributed by atoms with Crippen LogP contribution >= 0.6 is 12.2 Å². The van der Waals surface area contributed by atoms with Crippen molar-refractivity contribution < 1.29 is 26.8 Å². The van der Waals surface area contributed by atoms with E-state index < -0.39 is 0 Å². The second-order valence-corrected chi connectivity index (χ2v) is 5.27. The first kappa shape index (κ1) is 25.1. The fourth-order valence-corrected chi connectivity index (χ4v) is 1.86. The molecular weight excluding hydrogens is 378 g/mol. The molecule has 1 aromatic rings. The van der Waals surface area contributed by atoms with Gasteiger partial charge in [-0.2, -0.15) is 5.10 Å². The van der Waals surface area contributed by atoms with E-state index in [9.17, 15) is 5.11 Å². The molecule has 6 heteroatoms. The van der Waals surface area contributed by atoms with Crippen molar-refractivity contribution in [3.05, 3.63) is 94.0 Å². The summed E-state index contributed by atoms with van der Waals surface area (Å²) in [7, 11) is 0. The number of para-hydroxylation sites is 1. The largest absolute Gasteiger partial charge is 4.00 e. The Balaban J connectivity index is 0.000000460. The fourth-order valence-electron chi connectivity index (χ4n) is 1.81. The zero-order valence-electron chi connectivity index (χ0n) is 14.7. The minimum absolute atomic E-state index is 0. The van der Waals surface area contributed by atoms with E-state index in [0.717, 1.165) is 0 Å². The second kappa shape index (κ2) is 16.3. The van der Waals surface area contributed by atoms with Gasteiger partial charge in [-0.05, 0) is 95.0 Å². The van der Waals surface area contributed by atoms with Gasteiger partial charge in [0.05, 0.1) is 5.71 Å². The minimum Gasteiger partial charge on any atom is -0.507 e. The Kier molecular flexibility index (Phi) is 15.7. The second-order valence-electron chi connectivity index (χ2n) is 4.83. The molecule has 4 N–H and O–H groups in total. The maximum Gasteiger partial charge on any atom is 4.00 e. The van der Waals surface area contributed by atoms with E-state index in [1.807, 2.05) is 77.2 Å². The normalized spacial score (nSPS) is 15.7. The predicted octanol–water partition coefficient (Wildman–Crippen LogP) is 3.38. The number of nitrogens with zero attached hydrogens (tertiary/aromatic N) is 1. The first-order valence-electron chi connectivity index (χ1n) is 7.88. The van der Waals surface area contributed by atoms with E-state index in [1.165, 1.54) is 0 Å². The third-order valence-electron chi connectivity index (χ3n) is 2.96. The van der Waals surface area contributed by atoms with Crippen molar-refractivity contribution in [3.8, 4) is 5.75 Å². The molecule has 2 fully saturated rings. The van der Waals surface area contributed by atoms with Crippen LogP contribution < -0.4 is 11.2 Å².